The van der Waals surface area contributed by atoms with E-state index in [1.54, 1.807) is 0 Å². The van der Waals surface area contributed by atoms with Crippen molar-refractivity contribution >= 4 is 34.1 Å². The van der Waals surface area contributed by atoms with Gasteiger partial charge in [0.2, 0.25) is 0 Å². The molecule has 1 aromatic heterocycles. The van der Waals surface area contributed by atoms with Gasteiger partial charge in [-0.2, -0.15) is 0 Å². The molecule has 0 fully saturated rings. The number of halogens is 2. The van der Waals surface area contributed by atoms with Crippen LogP contribution in [-0.4, -0.2) is 11.2 Å². The largest absolute Gasteiger partial charge is 0.492 e. The second-order valence-electron chi connectivity index (χ2n) is 5.25. The van der Waals surface area contributed by atoms with Crippen LogP contribution >= 0.6 is 23.2 Å². The van der Waals surface area contributed by atoms with Crippen molar-refractivity contribution in [2.45, 2.75) is 13.5 Å². The first kappa shape index (κ1) is 16.6. The third-order valence-electron chi connectivity index (χ3n) is 3.52. The molecular formula is C17H13Cl2NO4. The van der Waals surface area contributed by atoms with Gasteiger partial charge in [-0.05, 0) is 31.2 Å². The second-order valence-corrected chi connectivity index (χ2v) is 6.10. The number of hydrogen-bond acceptors (Lipinski definition) is 4. The van der Waals surface area contributed by atoms with Gasteiger partial charge in [-0.1, -0.05) is 40.9 Å². The monoisotopic (exact) mass is 365 g/mol. The normalized spacial score (nSPS) is 11.0. The van der Waals surface area contributed by atoms with Crippen LogP contribution in [0.2, 0.25) is 10.0 Å². The van der Waals surface area contributed by atoms with Crippen LogP contribution < -0.4 is 16.1 Å². The first-order valence-corrected chi connectivity index (χ1v) is 7.93. The van der Waals surface area contributed by atoms with Crippen molar-refractivity contribution in [1.29, 1.82) is 0 Å². The summed E-state index contributed by atoms with van der Waals surface area (Å²) in [5, 5.41) is 0.654. The molecule has 0 aliphatic rings. The highest BCUT2D eigenvalue weighted by molar-refractivity contribution is 6.38. The lowest BCUT2D eigenvalue weighted by atomic mass is 10.2. The topological polar surface area (TPSA) is 61.4 Å². The van der Waals surface area contributed by atoms with E-state index in [1.807, 2.05) is 31.2 Å². The van der Waals surface area contributed by atoms with Crippen LogP contribution in [0, 0.1) is 6.92 Å². The minimum Gasteiger partial charge on any atom is -0.492 e. The van der Waals surface area contributed by atoms with Gasteiger partial charge in [0.15, 0.2) is 0 Å². The van der Waals surface area contributed by atoms with Crippen molar-refractivity contribution in [3.8, 4) is 5.75 Å². The van der Waals surface area contributed by atoms with Gasteiger partial charge in [0, 0.05) is 5.02 Å². The quantitative estimate of drug-likeness (QED) is 0.707. The summed E-state index contributed by atoms with van der Waals surface area (Å²) < 4.78 is 11.6. The summed E-state index contributed by atoms with van der Waals surface area (Å²) >= 11 is 12.1. The van der Waals surface area contributed by atoms with Gasteiger partial charge in [-0.25, -0.2) is 9.59 Å². The summed E-state index contributed by atoms with van der Waals surface area (Å²) in [6.45, 7) is 2.37. The first-order valence-electron chi connectivity index (χ1n) is 7.18. The van der Waals surface area contributed by atoms with Gasteiger partial charge in [-0.15, -0.1) is 0 Å². The molecule has 0 saturated carbocycles. The smallest absolute Gasteiger partial charge is 0.422 e. The molecule has 24 heavy (non-hydrogen) atoms. The first-order chi connectivity index (χ1) is 11.5. The van der Waals surface area contributed by atoms with Crippen molar-refractivity contribution in [2.75, 3.05) is 6.61 Å². The molecule has 0 bridgehead atoms. The minimum atomic E-state index is -0.788. The summed E-state index contributed by atoms with van der Waals surface area (Å²) in [7, 11) is 0. The molecule has 0 radical (unpaired) electrons. The van der Waals surface area contributed by atoms with Crippen LogP contribution in [0.25, 0.3) is 10.9 Å². The van der Waals surface area contributed by atoms with Crippen molar-refractivity contribution in [1.82, 2.24) is 4.57 Å². The van der Waals surface area contributed by atoms with E-state index in [4.69, 9.17) is 32.4 Å². The number of benzene rings is 2. The summed E-state index contributed by atoms with van der Waals surface area (Å²) in [6, 6.07) is 10.4. The molecule has 0 spiro atoms. The molecule has 0 saturated heterocycles. The summed E-state index contributed by atoms with van der Waals surface area (Å²) in [5.74, 6) is -0.103. The van der Waals surface area contributed by atoms with E-state index in [1.165, 1.54) is 16.7 Å². The Morgan fingerprint density at radius 2 is 1.83 bits per heavy atom. The van der Waals surface area contributed by atoms with Crippen LogP contribution in [0.4, 0.5) is 0 Å². The average molecular weight is 366 g/mol. The third kappa shape index (κ3) is 3.32. The highest BCUT2D eigenvalue weighted by Gasteiger charge is 2.14. The molecule has 7 heteroatoms. The van der Waals surface area contributed by atoms with E-state index < -0.39 is 11.4 Å². The molecule has 1 heterocycles. The fourth-order valence-corrected chi connectivity index (χ4v) is 2.96. The lowest BCUT2D eigenvalue weighted by Gasteiger charge is -2.11. The maximum Gasteiger partial charge on any atom is 0.422 e. The van der Waals surface area contributed by atoms with E-state index in [9.17, 15) is 9.59 Å². The van der Waals surface area contributed by atoms with Gasteiger partial charge < -0.3 is 9.15 Å². The van der Waals surface area contributed by atoms with Crippen molar-refractivity contribution in [3.05, 3.63) is 73.0 Å². The molecule has 3 aromatic rings. The van der Waals surface area contributed by atoms with Crippen LogP contribution in [0.3, 0.4) is 0 Å². The van der Waals surface area contributed by atoms with Crippen LogP contribution in [-0.2, 0) is 6.54 Å². The number of nitrogens with zero attached hydrogens (tertiary/aromatic N) is 1. The zero-order chi connectivity index (χ0) is 17.3. The Labute approximate surface area is 147 Å². The molecule has 5 nitrogen and oxygen atoms in total. The fourth-order valence-electron chi connectivity index (χ4n) is 2.37. The summed E-state index contributed by atoms with van der Waals surface area (Å²) in [5.41, 5.74) is 0.642. The average Bonchev–Trinajstić information content (AvgIpc) is 2.52. The predicted octanol–water partition coefficient (Wildman–Crippen LogP) is 3.65. The number of ether oxygens (including phenoxy) is 1. The van der Waals surface area contributed by atoms with Gasteiger partial charge >= 0.3 is 11.4 Å². The highest BCUT2D eigenvalue weighted by atomic mass is 35.5. The highest BCUT2D eigenvalue weighted by Crippen LogP contribution is 2.25. The van der Waals surface area contributed by atoms with Gasteiger partial charge in [0.05, 0.1) is 22.5 Å². The zero-order valence-corrected chi connectivity index (χ0v) is 14.2. The standard InChI is InChI=1S/C17H13Cl2NO4/c1-10-2-4-12(5-3-10)23-7-6-20-15-13(16(21)24-17(20)22)8-11(18)9-14(15)19/h2-5,8-9H,6-7H2,1H3. The van der Waals surface area contributed by atoms with Gasteiger partial charge in [-0.3, -0.25) is 4.57 Å². The molecule has 0 atom stereocenters. The number of fused-ring (bicyclic) bond motifs is 1. The molecule has 124 valence electrons. The Kier molecular flexibility index (Phi) is 4.64. The van der Waals surface area contributed by atoms with Crippen LogP contribution in [0.5, 0.6) is 5.75 Å². The molecule has 0 aliphatic heterocycles. The predicted molar refractivity (Wildman–Crippen MR) is 93.4 cm³/mol. The second kappa shape index (κ2) is 6.71. The summed E-state index contributed by atoms with van der Waals surface area (Å²) in [6.07, 6.45) is 0. The number of aryl methyl sites for hydroxylation is 1. The third-order valence-corrected chi connectivity index (χ3v) is 4.03. The van der Waals surface area contributed by atoms with Gasteiger partial charge in [0.1, 0.15) is 12.4 Å². The fraction of sp³-hybridized carbons (Fsp3) is 0.176. The molecule has 0 amide bonds. The van der Waals surface area contributed by atoms with Crippen LogP contribution in [0.15, 0.2) is 50.4 Å². The van der Waals surface area contributed by atoms with E-state index >= 15 is 0 Å². The van der Waals surface area contributed by atoms with Crippen LogP contribution in [0.1, 0.15) is 5.56 Å². The molecule has 3 rings (SSSR count). The number of hydrogen-bond donors (Lipinski definition) is 0. The Morgan fingerprint density at radius 3 is 2.54 bits per heavy atom. The van der Waals surface area contributed by atoms with E-state index in [-0.39, 0.29) is 29.1 Å². The number of aromatic nitrogens is 1. The Balaban J connectivity index is 1.93. The molecule has 2 aromatic carbocycles. The SMILES string of the molecule is Cc1ccc(OCCn2c(=O)oc(=O)c3cc(Cl)cc(Cl)c32)cc1. The van der Waals surface area contributed by atoms with Crippen molar-refractivity contribution in [2.24, 2.45) is 0 Å². The Morgan fingerprint density at radius 1 is 1.12 bits per heavy atom. The lowest BCUT2D eigenvalue weighted by molar-refractivity contribution is 0.287. The van der Waals surface area contributed by atoms with E-state index in [2.05, 4.69) is 0 Å². The maximum atomic E-state index is 12.0. The molecular weight excluding hydrogens is 353 g/mol. The molecule has 0 aliphatic carbocycles. The number of rotatable bonds is 4. The van der Waals surface area contributed by atoms with E-state index in [0.717, 1.165) is 5.56 Å². The van der Waals surface area contributed by atoms with Crippen molar-refractivity contribution < 1.29 is 9.15 Å². The zero-order valence-electron chi connectivity index (χ0n) is 12.7. The minimum absolute atomic E-state index is 0.155. The summed E-state index contributed by atoms with van der Waals surface area (Å²) in [4.78, 5) is 23.9. The van der Waals surface area contributed by atoms with Crippen molar-refractivity contribution in [3.63, 3.8) is 0 Å². The van der Waals surface area contributed by atoms with Gasteiger partial charge in [0.25, 0.3) is 0 Å². The lowest BCUT2D eigenvalue weighted by Crippen LogP contribution is -2.27. The maximum absolute atomic E-state index is 12.0. The molecule has 0 unspecified atom stereocenters. The Bertz CT molecular complexity index is 1010. The molecule has 0 N–H and O–H groups in total. The van der Waals surface area contributed by atoms with E-state index in [0.29, 0.717) is 10.8 Å². The Hall–Kier alpha value is -2.24.